The topological polar surface area (TPSA) is 63.9 Å². The van der Waals surface area contributed by atoms with E-state index in [1.54, 1.807) is 11.3 Å². The molecule has 0 N–H and O–H groups in total. The Morgan fingerprint density at radius 3 is 2.78 bits per heavy atom. The van der Waals surface area contributed by atoms with Gasteiger partial charge in [-0.3, -0.25) is 4.79 Å². The maximum Gasteiger partial charge on any atom is 0.292 e. The summed E-state index contributed by atoms with van der Waals surface area (Å²) < 4.78 is 2.02. The van der Waals surface area contributed by atoms with E-state index in [4.69, 9.17) is 0 Å². The zero-order valence-corrected chi connectivity index (χ0v) is 16.3. The van der Waals surface area contributed by atoms with E-state index < -0.39 is 0 Å². The lowest BCUT2D eigenvalue weighted by Crippen LogP contribution is -2.32. The van der Waals surface area contributed by atoms with Crippen molar-refractivity contribution in [2.24, 2.45) is 0 Å². The van der Waals surface area contributed by atoms with E-state index in [2.05, 4.69) is 15.2 Å². The summed E-state index contributed by atoms with van der Waals surface area (Å²) in [6.07, 6.45) is 4.25. The predicted octanol–water partition coefficient (Wildman–Crippen LogP) is 3.61. The summed E-state index contributed by atoms with van der Waals surface area (Å²) in [6.45, 7) is 3.88. The summed E-state index contributed by atoms with van der Waals surface area (Å²) in [4.78, 5) is 20.7. The summed E-state index contributed by atoms with van der Waals surface area (Å²) in [5.74, 6) is 1.33. The normalized spacial score (nSPS) is 13.8. The van der Waals surface area contributed by atoms with Crippen LogP contribution in [0.4, 0.5) is 0 Å². The standard InChI is InChI=1S/C20H23N5OS/c1-15-17(27-14-21-15)13-24(12-16-8-4-2-5-9-16)20(26)19-23-22-18-10-6-3-7-11-25(18)19/h2,4-5,8-9,14H,3,6-7,10-13H2,1H3. The molecule has 0 unspecified atom stereocenters. The number of hydrogen-bond acceptors (Lipinski definition) is 5. The number of rotatable bonds is 5. The molecule has 1 amide bonds. The second kappa shape index (κ2) is 8.00. The molecule has 6 nitrogen and oxygen atoms in total. The molecule has 3 heterocycles. The fourth-order valence-electron chi connectivity index (χ4n) is 3.44. The first-order valence-electron chi connectivity index (χ1n) is 9.36. The van der Waals surface area contributed by atoms with Crippen LogP contribution in [-0.4, -0.2) is 30.6 Å². The quantitative estimate of drug-likeness (QED) is 0.677. The molecule has 140 valence electrons. The van der Waals surface area contributed by atoms with E-state index in [0.717, 1.165) is 47.8 Å². The number of thiazole rings is 1. The van der Waals surface area contributed by atoms with Crippen molar-refractivity contribution < 1.29 is 4.79 Å². The SMILES string of the molecule is Cc1ncsc1CN(Cc1ccccc1)C(=O)c1nnc2n1CCCCC2. The van der Waals surface area contributed by atoms with E-state index in [0.29, 0.717) is 18.9 Å². The Hall–Kier alpha value is -2.54. The van der Waals surface area contributed by atoms with Gasteiger partial charge in [0.2, 0.25) is 5.82 Å². The Morgan fingerprint density at radius 2 is 2.00 bits per heavy atom. The van der Waals surface area contributed by atoms with Crippen molar-refractivity contribution >= 4 is 17.2 Å². The third-order valence-electron chi connectivity index (χ3n) is 4.98. The Balaban J connectivity index is 1.64. The summed E-state index contributed by atoms with van der Waals surface area (Å²) in [5, 5.41) is 8.56. The maximum atomic E-state index is 13.4. The van der Waals surface area contributed by atoms with Gasteiger partial charge in [-0.05, 0) is 25.3 Å². The Labute approximate surface area is 162 Å². The first-order chi connectivity index (χ1) is 13.2. The van der Waals surface area contributed by atoms with Crippen LogP contribution in [0.3, 0.4) is 0 Å². The number of fused-ring (bicyclic) bond motifs is 1. The van der Waals surface area contributed by atoms with Crippen LogP contribution in [0.2, 0.25) is 0 Å². The van der Waals surface area contributed by atoms with E-state index in [-0.39, 0.29) is 5.91 Å². The number of carbonyl (C=O) groups is 1. The molecule has 0 saturated heterocycles. The average Bonchev–Trinajstić information content (AvgIpc) is 3.20. The van der Waals surface area contributed by atoms with Gasteiger partial charge < -0.3 is 9.47 Å². The van der Waals surface area contributed by atoms with Crippen molar-refractivity contribution in [2.75, 3.05) is 0 Å². The van der Waals surface area contributed by atoms with Crippen LogP contribution in [0.15, 0.2) is 35.8 Å². The van der Waals surface area contributed by atoms with Crippen LogP contribution in [0.25, 0.3) is 0 Å². The molecule has 4 rings (SSSR count). The smallest absolute Gasteiger partial charge is 0.292 e. The van der Waals surface area contributed by atoms with Crippen molar-refractivity contribution in [1.82, 2.24) is 24.6 Å². The van der Waals surface area contributed by atoms with Gasteiger partial charge in [-0.15, -0.1) is 21.5 Å². The van der Waals surface area contributed by atoms with E-state index in [1.165, 1.54) is 6.42 Å². The highest BCUT2D eigenvalue weighted by atomic mass is 32.1. The molecule has 0 aliphatic carbocycles. The van der Waals surface area contributed by atoms with Crippen molar-refractivity contribution in [3.63, 3.8) is 0 Å². The zero-order valence-electron chi connectivity index (χ0n) is 15.5. The number of benzene rings is 1. The highest BCUT2D eigenvalue weighted by Crippen LogP contribution is 2.20. The molecule has 1 aliphatic rings. The molecular weight excluding hydrogens is 358 g/mol. The van der Waals surface area contributed by atoms with Gasteiger partial charge in [-0.1, -0.05) is 36.8 Å². The van der Waals surface area contributed by atoms with Crippen LogP contribution in [0, 0.1) is 6.92 Å². The minimum Gasteiger partial charge on any atom is -0.326 e. The summed E-state index contributed by atoms with van der Waals surface area (Å²) in [5.41, 5.74) is 3.91. The fourth-order valence-corrected chi connectivity index (χ4v) is 4.23. The van der Waals surface area contributed by atoms with Gasteiger partial charge in [0.1, 0.15) is 5.82 Å². The third kappa shape index (κ3) is 3.93. The van der Waals surface area contributed by atoms with Gasteiger partial charge in [-0.2, -0.15) is 0 Å². The Bertz CT molecular complexity index is 918. The number of carbonyl (C=O) groups excluding carboxylic acids is 1. The molecule has 1 aromatic carbocycles. The number of aryl methyl sites for hydroxylation is 2. The second-order valence-corrected chi connectivity index (χ2v) is 7.85. The Morgan fingerprint density at radius 1 is 1.15 bits per heavy atom. The second-order valence-electron chi connectivity index (χ2n) is 6.91. The fraction of sp³-hybridized carbons (Fsp3) is 0.400. The number of nitrogens with zero attached hydrogens (tertiary/aromatic N) is 5. The lowest BCUT2D eigenvalue weighted by molar-refractivity contribution is 0.0713. The van der Waals surface area contributed by atoms with Gasteiger partial charge in [0.25, 0.3) is 5.91 Å². The molecule has 27 heavy (non-hydrogen) atoms. The highest BCUT2D eigenvalue weighted by Gasteiger charge is 2.26. The predicted molar refractivity (Wildman–Crippen MR) is 104 cm³/mol. The van der Waals surface area contributed by atoms with Crippen molar-refractivity contribution in [3.05, 3.63) is 63.6 Å². The van der Waals surface area contributed by atoms with E-state index >= 15 is 0 Å². The Kier molecular flexibility index (Phi) is 5.29. The molecule has 0 spiro atoms. The molecule has 0 fully saturated rings. The summed E-state index contributed by atoms with van der Waals surface area (Å²) >= 11 is 1.59. The van der Waals surface area contributed by atoms with Gasteiger partial charge in [-0.25, -0.2) is 4.98 Å². The minimum atomic E-state index is -0.0627. The zero-order chi connectivity index (χ0) is 18.6. The number of hydrogen-bond donors (Lipinski definition) is 0. The van der Waals surface area contributed by atoms with E-state index in [1.807, 2.05) is 52.2 Å². The molecule has 0 atom stereocenters. The first kappa shape index (κ1) is 17.9. The number of aromatic nitrogens is 4. The van der Waals surface area contributed by atoms with Gasteiger partial charge in [0, 0.05) is 24.4 Å². The van der Waals surface area contributed by atoms with Crippen molar-refractivity contribution in [1.29, 1.82) is 0 Å². The first-order valence-corrected chi connectivity index (χ1v) is 10.2. The lowest BCUT2D eigenvalue weighted by atomic mass is 10.2. The van der Waals surface area contributed by atoms with Gasteiger partial charge in [0.15, 0.2) is 0 Å². The molecule has 0 radical (unpaired) electrons. The molecule has 3 aromatic rings. The summed E-state index contributed by atoms with van der Waals surface area (Å²) in [6, 6.07) is 10.1. The molecule has 1 aliphatic heterocycles. The van der Waals surface area contributed by atoms with Crippen LogP contribution in [0.5, 0.6) is 0 Å². The van der Waals surface area contributed by atoms with Gasteiger partial charge in [0.05, 0.1) is 17.7 Å². The summed E-state index contributed by atoms with van der Waals surface area (Å²) in [7, 11) is 0. The molecule has 0 saturated carbocycles. The number of amides is 1. The minimum absolute atomic E-state index is 0.0627. The van der Waals surface area contributed by atoms with Crippen LogP contribution >= 0.6 is 11.3 Å². The highest BCUT2D eigenvalue weighted by molar-refractivity contribution is 7.09. The monoisotopic (exact) mass is 381 g/mol. The van der Waals surface area contributed by atoms with Gasteiger partial charge >= 0.3 is 0 Å². The van der Waals surface area contributed by atoms with Crippen molar-refractivity contribution in [2.45, 2.75) is 52.2 Å². The molecular formula is C20H23N5OS. The van der Waals surface area contributed by atoms with Crippen molar-refractivity contribution in [3.8, 4) is 0 Å². The van der Waals surface area contributed by atoms with Crippen LogP contribution in [-0.2, 0) is 26.1 Å². The lowest BCUT2D eigenvalue weighted by Gasteiger charge is -2.22. The maximum absolute atomic E-state index is 13.4. The van der Waals surface area contributed by atoms with E-state index in [9.17, 15) is 4.79 Å². The molecule has 2 aromatic heterocycles. The third-order valence-corrected chi connectivity index (χ3v) is 5.90. The molecule has 7 heteroatoms. The average molecular weight is 382 g/mol. The van der Waals surface area contributed by atoms with Crippen LogP contribution < -0.4 is 0 Å². The largest absolute Gasteiger partial charge is 0.326 e. The molecule has 0 bridgehead atoms. The van der Waals surface area contributed by atoms with Crippen LogP contribution in [0.1, 0.15) is 51.8 Å².